The minimum atomic E-state index is -0.957. The molecule has 31 heavy (non-hydrogen) atoms. The molecule has 1 aliphatic rings. The molecule has 1 fully saturated rings. The number of aliphatic hydroxyl groups is 1. The summed E-state index contributed by atoms with van der Waals surface area (Å²) in [5.41, 5.74) is 0.676. The lowest BCUT2D eigenvalue weighted by atomic mass is 9.95. The molecule has 0 aromatic heterocycles. The molecule has 1 unspecified atom stereocenters. The number of amides is 1. The van der Waals surface area contributed by atoms with Gasteiger partial charge >= 0.3 is 0 Å². The van der Waals surface area contributed by atoms with Crippen molar-refractivity contribution in [1.82, 2.24) is 0 Å². The highest BCUT2D eigenvalue weighted by atomic mass is 19.1. The van der Waals surface area contributed by atoms with Crippen LogP contribution in [0.1, 0.15) is 17.2 Å². The molecule has 3 aromatic carbocycles. The van der Waals surface area contributed by atoms with E-state index in [0.29, 0.717) is 11.3 Å². The molecular weight excluding hydrogens is 403 g/mol. The van der Waals surface area contributed by atoms with Crippen molar-refractivity contribution in [3.8, 4) is 0 Å². The van der Waals surface area contributed by atoms with Gasteiger partial charge in [0.05, 0.1) is 16.5 Å². The summed E-state index contributed by atoms with van der Waals surface area (Å²) in [5, 5.41) is 21.8. The van der Waals surface area contributed by atoms with Crippen molar-refractivity contribution < 1.29 is 24.0 Å². The number of carbonyl (C=O) groups excluding carboxylic acids is 2. The number of hydrogen-bond acceptors (Lipinski definition) is 5. The lowest BCUT2D eigenvalue weighted by Crippen LogP contribution is -2.29. The van der Waals surface area contributed by atoms with Gasteiger partial charge in [-0.1, -0.05) is 30.3 Å². The Morgan fingerprint density at radius 3 is 2.13 bits per heavy atom. The molecule has 1 amide bonds. The van der Waals surface area contributed by atoms with Gasteiger partial charge in [-0.3, -0.25) is 24.6 Å². The SMILES string of the molecule is O=C1C(=O)N(c2ccc(F)cc2)C(c2ccccc2)/C1=C(/O)c1ccc([N+](=O)[O-])cc1. The van der Waals surface area contributed by atoms with Crippen molar-refractivity contribution in [2.75, 3.05) is 4.90 Å². The fourth-order valence-corrected chi connectivity index (χ4v) is 3.55. The molecule has 1 atom stereocenters. The maximum atomic E-state index is 13.4. The number of rotatable bonds is 4. The molecule has 0 bridgehead atoms. The van der Waals surface area contributed by atoms with E-state index in [1.807, 2.05) is 0 Å². The monoisotopic (exact) mass is 418 g/mol. The summed E-state index contributed by atoms with van der Waals surface area (Å²) in [7, 11) is 0. The number of carbonyl (C=O) groups is 2. The minimum absolute atomic E-state index is 0.156. The standard InChI is InChI=1S/C23H15FN2O5/c24-16-8-12-17(13-9-16)25-20(14-4-2-1-3-5-14)19(22(28)23(25)29)21(27)15-6-10-18(11-7-15)26(30)31/h1-13,20,27H/b21-19-. The van der Waals surface area contributed by atoms with Crippen LogP contribution >= 0.6 is 0 Å². The third kappa shape index (κ3) is 3.55. The molecule has 1 aliphatic heterocycles. The highest BCUT2D eigenvalue weighted by Crippen LogP contribution is 2.42. The van der Waals surface area contributed by atoms with Gasteiger partial charge < -0.3 is 5.11 Å². The van der Waals surface area contributed by atoms with Crippen LogP contribution in [-0.4, -0.2) is 21.7 Å². The second-order valence-corrected chi connectivity index (χ2v) is 6.86. The second kappa shape index (κ2) is 7.83. The fraction of sp³-hybridized carbons (Fsp3) is 0.0435. The minimum Gasteiger partial charge on any atom is -0.507 e. The van der Waals surface area contributed by atoms with Gasteiger partial charge in [0.2, 0.25) is 0 Å². The van der Waals surface area contributed by atoms with Crippen LogP contribution in [-0.2, 0) is 9.59 Å². The van der Waals surface area contributed by atoms with Crippen molar-refractivity contribution in [1.29, 1.82) is 0 Å². The first-order valence-corrected chi connectivity index (χ1v) is 9.25. The van der Waals surface area contributed by atoms with E-state index in [1.165, 1.54) is 53.4 Å². The van der Waals surface area contributed by atoms with E-state index >= 15 is 0 Å². The summed E-state index contributed by atoms with van der Waals surface area (Å²) >= 11 is 0. The Kier molecular flexibility index (Phi) is 5.04. The van der Waals surface area contributed by atoms with Crippen LogP contribution in [0.4, 0.5) is 15.8 Å². The number of anilines is 1. The maximum absolute atomic E-state index is 13.4. The highest BCUT2D eigenvalue weighted by molar-refractivity contribution is 6.51. The van der Waals surface area contributed by atoms with E-state index < -0.39 is 34.2 Å². The topological polar surface area (TPSA) is 101 Å². The first kappa shape index (κ1) is 20.0. The summed E-state index contributed by atoms with van der Waals surface area (Å²) in [4.78, 5) is 37.4. The van der Waals surface area contributed by atoms with Crippen LogP contribution in [0.25, 0.3) is 5.76 Å². The average Bonchev–Trinajstić information content (AvgIpc) is 3.05. The Labute approximate surface area is 175 Å². The van der Waals surface area contributed by atoms with Gasteiger partial charge in [-0.05, 0) is 42.0 Å². The van der Waals surface area contributed by atoms with Crippen LogP contribution < -0.4 is 4.90 Å². The quantitative estimate of drug-likeness (QED) is 0.223. The van der Waals surface area contributed by atoms with E-state index in [4.69, 9.17) is 0 Å². The molecule has 154 valence electrons. The molecular formula is C23H15FN2O5. The van der Waals surface area contributed by atoms with Gasteiger partial charge in [0.15, 0.2) is 0 Å². The number of hydrogen-bond donors (Lipinski definition) is 1. The van der Waals surface area contributed by atoms with Crippen LogP contribution in [0, 0.1) is 15.9 Å². The predicted octanol–water partition coefficient (Wildman–Crippen LogP) is 4.36. The van der Waals surface area contributed by atoms with Gasteiger partial charge in [-0.15, -0.1) is 0 Å². The van der Waals surface area contributed by atoms with Crippen molar-refractivity contribution in [3.63, 3.8) is 0 Å². The predicted molar refractivity (Wildman–Crippen MR) is 111 cm³/mol. The maximum Gasteiger partial charge on any atom is 0.300 e. The normalized spacial score (nSPS) is 17.7. The van der Waals surface area contributed by atoms with E-state index in [9.17, 15) is 29.2 Å². The largest absolute Gasteiger partial charge is 0.507 e. The fourth-order valence-electron chi connectivity index (χ4n) is 3.55. The van der Waals surface area contributed by atoms with Crippen LogP contribution in [0.5, 0.6) is 0 Å². The number of non-ortho nitro benzene ring substituents is 1. The molecule has 0 aliphatic carbocycles. The first-order chi connectivity index (χ1) is 14.9. The lowest BCUT2D eigenvalue weighted by molar-refractivity contribution is -0.384. The van der Waals surface area contributed by atoms with Gasteiger partial charge in [-0.2, -0.15) is 0 Å². The van der Waals surface area contributed by atoms with E-state index in [0.717, 1.165) is 0 Å². The zero-order valence-electron chi connectivity index (χ0n) is 15.9. The first-order valence-electron chi connectivity index (χ1n) is 9.25. The number of ketones is 1. The van der Waals surface area contributed by atoms with E-state index in [2.05, 4.69) is 0 Å². The second-order valence-electron chi connectivity index (χ2n) is 6.86. The Hall–Kier alpha value is -4.33. The molecule has 0 saturated carbocycles. The van der Waals surface area contributed by atoms with Crippen molar-refractivity contribution in [2.45, 2.75) is 6.04 Å². The molecule has 0 spiro atoms. The molecule has 7 nitrogen and oxygen atoms in total. The van der Waals surface area contributed by atoms with Crippen LogP contribution in [0.3, 0.4) is 0 Å². The van der Waals surface area contributed by atoms with Crippen LogP contribution in [0.15, 0.2) is 84.4 Å². The van der Waals surface area contributed by atoms with Crippen molar-refractivity contribution in [3.05, 3.63) is 111 Å². The highest BCUT2D eigenvalue weighted by Gasteiger charge is 2.46. The Morgan fingerprint density at radius 1 is 0.935 bits per heavy atom. The van der Waals surface area contributed by atoms with Crippen molar-refractivity contribution >= 4 is 28.8 Å². The molecule has 1 N–H and O–H groups in total. The summed E-state index contributed by atoms with van der Waals surface area (Å²) in [6.07, 6.45) is 0. The molecule has 3 aromatic rings. The Bertz CT molecular complexity index is 1200. The summed E-state index contributed by atoms with van der Waals surface area (Å²) < 4.78 is 13.4. The lowest BCUT2D eigenvalue weighted by Gasteiger charge is -2.25. The number of aliphatic hydroxyl groups excluding tert-OH is 1. The average molecular weight is 418 g/mol. The zero-order chi connectivity index (χ0) is 22.1. The molecule has 8 heteroatoms. The molecule has 4 rings (SSSR count). The number of benzene rings is 3. The van der Waals surface area contributed by atoms with Crippen molar-refractivity contribution in [2.24, 2.45) is 0 Å². The summed E-state index contributed by atoms with van der Waals surface area (Å²) in [6.45, 7) is 0. The summed E-state index contributed by atoms with van der Waals surface area (Å²) in [6, 6.07) is 17.8. The number of nitro groups is 1. The number of halogens is 1. The van der Waals surface area contributed by atoms with E-state index in [1.54, 1.807) is 30.3 Å². The zero-order valence-corrected chi connectivity index (χ0v) is 15.9. The van der Waals surface area contributed by atoms with E-state index in [-0.39, 0.29) is 16.8 Å². The number of nitro benzene ring substituents is 1. The number of Topliss-reactive ketones (excluding diaryl/α,β-unsaturated/α-hetero) is 1. The summed E-state index contributed by atoms with van der Waals surface area (Å²) in [5.74, 6) is -2.73. The van der Waals surface area contributed by atoms with Gasteiger partial charge in [0, 0.05) is 23.4 Å². The third-order valence-electron chi connectivity index (χ3n) is 5.02. The third-order valence-corrected chi connectivity index (χ3v) is 5.02. The smallest absolute Gasteiger partial charge is 0.300 e. The van der Waals surface area contributed by atoms with Gasteiger partial charge in [0.25, 0.3) is 17.4 Å². The molecule has 1 saturated heterocycles. The molecule has 1 heterocycles. The molecule has 0 radical (unpaired) electrons. The van der Waals surface area contributed by atoms with Gasteiger partial charge in [0.1, 0.15) is 11.6 Å². The Balaban J connectivity index is 1.90. The van der Waals surface area contributed by atoms with Gasteiger partial charge in [-0.25, -0.2) is 4.39 Å². The Morgan fingerprint density at radius 2 is 1.55 bits per heavy atom. The number of nitrogens with zero attached hydrogens (tertiary/aromatic N) is 2. The van der Waals surface area contributed by atoms with Crippen LogP contribution in [0.2, 0.25) is 0 Å².